The van der Waals surface area contributed by atoms with E-state index in [4.69, 9.17) is 10.8 Å². The smallest absolute Gasteiger partial charge is 0.325 e. The summed E-state index contributed by atoms with van der Waals surface area (Å²) in [5.74, 6) is -0.857. The predicted molar refractivity (Wildman–Crippen MR) is 54.9 cm³/mol. The zero-order chi connectivity index (χ0) is 10.1. The molecule has 1 aliphatic carbocycles. The van der Waals surface area contributed by atoms with Crippen LogP contribution in [0.1, 0.15) is 32.6 Å². The first-order chi connectivity index (χ1) is 5.96. The number of nitrogens with two attached hydrogens (primary N) is 1. The second-order valence-corrected chi connectivity index (χ2v) is 5.23. The van der Waals surface area contributed by atoms with Gasteiger partial charge >= 0.3 is 5.97 Å². The molecule has 76 valence electrons. The zero-order valence-corrected chi connectivity index (χ0v) is 8.99. The molecule has 1 aliphatic rings. The fraction of sp³-hybridized carbons (Fsp3) is 0.889. The Morgan fingerprint density at radius 2 is 2.00 bits per heavy atom. The molecule has 0 aromatic carbocycles. The van der Waals surface area contributed by atoms with Crippen LogP contribution >= 0.6 is 11.8 Å². The minimum atomic E-state index is -1.04. The molecule has 0 saturated heterocycles. The number of aliphatic carboxylic acids is 1. The molecule has 0 heterocycles. The fourth-order valence-corrected chi connectivity index (χ4v) is 2.87. The lowest BCUT2D eigenvalue weighted by Gasteiger charge is -2.45. The number of hydrogen-bond donors (Lipinski definition) is 2. The molecule has 0 amide bonds. The van der Waals surface area contributed by atoms with Gasteiger partial charge in [0.15, 0.2) is 0 Å². The van der Waals surface area contributed by atoms with E-state index < -0.39 is 11.5 Å². The molecule has 0 aromatic rings. The number of carbonyl (C=O) groups is 1. The van der Waals surface area contributed by atoms with Crippen LogP contribution in [0.5, 0.6) is 0 Å². The normalized spacial score (nSPS) is 40.2. The fourth-order valence-electron chi connectivity index (χ4n) is 1.97. The summed E-state index contributed by atoms with van der Waals surface area (Å²) in [6.07, 6.45) is 5.45. The maximum absolute atomic E-state index is 11.1. The molecule has 13 heavy (non-hydrogen) atoms. The first-order valence-electron chi connectivity index (χ1n) is 4.54. The molecule has 2 unspecified atom stereocenters. The minimum Gasteiger partial charge on any atom is -0.480 e. The Morgan fingerprint density at radius 1 is 1.46 bits per heavy atom. The summed E-state index contributed by atoms with van der Waals surface area (Å²) < 4.78 is -0.308. The van der Waals surface area contributed by atoms with Crippen LogP contribution in [0.3, 0.4) is 0 Å². The van der Waals surface area contributed by atoms with Gasteiger partial charge < -0.3 is 10.8 Å². The monoisotopic (exact) mass is 203 g/mol. The molecule has 0 radical (unpaired) electrons. The van der Waals surface area contributed by atoms with Crippen LogP contribution in [0.2, 0.25) is 0 Å². The van der Waals surface area contributed by atoms with E-state index in [0.29, 0.717) is 6.42 Å². The van der Waals surface area contributed by atoms with Crippen molar-refractivity contribution in [1.82, 2.24) is 0 Å². The maximum Gasteiger partial charge on any atom is 0.325 e. The molecule has 1 rings (SSSR count). The summed E-state index contributed by atoms with van der Waals surface area (Å²) in [6, 6.07) is 0. The van der Waals surface area contributed by atoms with Gasteiger partial charge in [-0.05, 0) is 26.0 Å². The van der Waals surface area contributed by atoms with Crippen molar-refractivity contribution in [2.75, 3.05) is 6.26 Å². The van der Waals surface area contributed by atoms with E-state index in [-0.39, 0.29) is 4.75 Å². The van der Waals surface area contributed by atoms with E-state index >= 15 is 0 Å². The number of rotatable bonds is 2. The number of carboxylic acid groups (broad SMARTS) is 1. The topological polar surface area (TPSA) is 63.3 Å². The van der Waals surface area contributed by atoms with E-state index in [0.717, 1.165) is 19.3 Å². The summed E-state index contributed by atoms with van der Waals surface area (Å²) in [5.41, 5.74) is 4.93. The molecule has 1 fully saturated rings. The molecule has 0 spiro atoms. The largest absolute Gasteiger partial charge is 0.480 e. The summed E-state index contributed by atoms with van der Waals surface area (Å²) in [7, 11) is 0. The van der Waals surface area contributed by atoms with Gasteiger partial charge in [-0.3, -0.25) is 4.79 Å². The van der Waals surface area contributed by atoms with Crippen molar-refractivity contribution in [3.05, 3.63) is 0 Å². The van der Waals surface area contributed by atoms with Gasteiger partial charge in [-0.2, -0.15) is 11.8 Å². The quantitative estimate of drug-likeness (QED) is 0.713. The van der Waals surface area contributed by atoms with Gasteiger partial charge in [0, 0.05) is 4.75 Å². The highest BCUT2D eigenvalue weighted by atomic mass is 32.2. The SMILES string of the molecule is CSC1(C)CCCCC1(N)C(=O)O. The average molecular weight is 203 g/mol. The standard InChI is InChI=1S/C9H17NO2S/c1-8(13-2)5-3-4-6-9(8,10)7(11)12/h3-6,10H2,1-2H3,(H,11,12). The van der Waals surface area contributed by atoms with Crippen molar-refractivity contribution in [3.63, 3.8) is 0 Å². The van der Waals surface area contributed by atoms with Gasteiger partial charge in [-0.25, -0.2) is 0 Å². The zero-order valence-electron chi connectivity index (χ0n) is 8.17. The van der Waals surface area contributed by atoms with E-state index in [1.165, 1.54) is 0 Å². The van der Waals surface area contributed by atoms with Crippen LogP contribution < -0.4 is 5.73 Å². The Morgan fingerprint density at radius 3 is 2.38 bits per heavy atom. The lowest BCUT2D eigenvalue weighted by molar-refractivity contribution is -0.145. The van der Waals surface area contributed by atoms with Crippen LogP contribution in [0.25, 0.3) is 0 Å². The molecule has 2 atom stereocenters. The molecule has 0 aromatic heterocycles. The Hall–Kier alpha value is -0.220. The van der Waals surface area contributed by atoms with Crippen molar-refractivity contribution >= 4 is 17.7 Å². The third-order valence-electron chi connectivity index (χ3n) is 3.25. The highest BCUT2D eigenvalue weighted by Gasteiger charge is 2.52. The Labute approximate surface area is 83.1 Å². The molecule has 4 heteroatoms. The average Bonchev–Trinajstić information content (AvgIpc) is 2.10. The minimum absolute atomic E-state index is 0.308. The number of hydrogen-bond acceptors (Lipinski definition) is 3. The predicted octanol–water partition coefficient (Wildman–Crippen LogP) is 1.46. The van der Waals surface area contributed by atoms with Crippen molar-refractivity contribution in [3.8, 4) is 0 Å². The summed E-state index contributed by atoms with van der Waals surface area (Å²) in [4.78, 5) is 11.1. The molecule has 0 bridgehead atoms. The van der Waals surface area contributed by atoms with E-state index in [2.05, 4.69) is 0 Å². The first-order valence-corrected chi connectivity index (χ1v) is 5.76. The summed E-state index contributed by atoms with van der Waals surface area (Å²) in [5, 5.41) is 9.13. The van der Waals surface area contributed by atoms with Gasteiger partial charge in [0.05, 0.1) is 0 Å². The van der Waals surface area contributed by atoms with E-state index in [1.54, 1.807) is 11.8 Å². The maximum atomic E-state index is 11.1. The number of thioether (sulfide) groups is 1. The van der Waals surface area contributed by atoms with Gasteiger partial charge in [-0.1, -0.05) is 12.8 Å². The van der Waals surface area contributed by atoms with Crippen LogP contribution in [0.15, 0.2) is 0 Å². The molecular formula is C9H17NO2S. The van der Waals surface area contributed by atoms with Gasteiger partial charge in [-0.15, -0.1) is 0 Å². The highest BCUT2D eigenvalue weighted by molar-refractivity contribution is 8.00. The second-order valence-electron chi connectivity index (χ2n) is 3.92. The van der Waals surface area contributed by atoms with Crippen LogP contribution in [-0.4, -0.2) is 27.6 Å². The van der Waals surface area contributed by atoms with Gasteiger partial charge in [0.25, 0.3) is 0 Å². The third kappa shape index (κ3) is 1.57. The lowest BCUT2D eigenvalue weighted by atomic mass is 9.73. The Kier molecular flexibility index (Phi) is 2.92. The highest BCUT2D eigenvalue weighted by Crippen LogP contribution is 2.44. The summed E-state index contributed by atoms with van der Waals surface area (Å²) in [6.45, 7) is 1.96. The molecule has 1 saturated carbocycles. The Bertz CT molecular complexity index is 222. The van der Waals surface area contributed by atoms with E-state index in [1.807, 2.05) is 13.2 Å². The molecule has 3 nitrogen and oxygen atoms in total. The van der Waals surface area contributed by atoms with E-state index in [9.17, 15) is 4.79 Å². The number of carboxylic acids is 1. The van der Waals surface area contributed by atoms with Crippen LogP contribution in [0, 0.1) is 0 Å². The van der Waals surface area contributed by atoms with Gasteiger partial charge in [0.2, 0.25) is 0 Å². The van der Waals surface area contributed by atoms with Crippen LogP contribution in [0.4, 0.5) is 0 Å². The van der Waals surface area contributed by atoms with Crippen molar-refractivity contribution in [2.45, 2.75) is 42.9 Å². The van der Waals surface area contributed by atoms with Crippen molar-refractivity contribution in [1.29, 1.82) is 0 Å². The third-order valence-corrected chi connectivity index (χ3v) is 4.72. The lowest BCUT2D eigenvalue weighted by Crippen LogP contribution is -2.63. The molecule has 0 aliphatic heterocycles. The second kappa shape index (κ2) is 3.50. The van der Waals surface area contributed by atoms with Gasteiger partial charge in [0.1, 0.15) is 5.54 Å². The van der Waals surface area contributed by atoms with Crippen molar-refractivity contribution < 1.29 is 9.90 Å². The Balaban J connectivity index is 2.96. The first kappa shape index (κ1) is 10.9. The van der Waals surface area contributed by atoms with Crippen molar-refractivity contribution in [2.24, 2.45) is 5.73 Å². The molecule has 3 N–H and O–H groups in total. The van der Waals surface area contributed by atoms with Crippen LogP contribution in [-0.2, 0) is 4.79 Å². The summed E-state index contributed by atoms with van der Waals surface area (Å²) >= 11 is 1.58. The molecular weight excluding hydrogens is 186 g/mol.